The highest BCUT2D eigenvalue weighted by Crippen LogP contribution is 2.34. The van der Waals surface area contributed by atoms with E-state index in [1.165, 1.54) is 38.6 Å². The number of nitrogens with one attached hydrogen (secondary N) is 1. The molecular formula is C27H32FNO. The Kier molecular flexibility index (Phi) is 5.95. The molecule has 0 bridgehead atoms. The minimum atomic E-state index is -0.189. The maximum atomic E-state index is 13.4. The van der Waals surface area contributed by atoms with Crippen LogP contribution in [-0.4, -0.2) is 19.2 Å². The van der Waals surface area contributed by atoms with Gasteiger partial charge < -0.3 is 10.1 Å². The number of rotatable bonds is 4. The molecule has 3 atom stereocenters. The van der Waals surface area contributed by atoms with Gasteiger partial charge in [0.05, 0.1) is 12.7 Å². The summed E-state index contributed by atoms with van der Waals surface area (Å²) in [5, 5.41) is 6.15. The quantitative estimate of drug-likeness (QED) is 0.564. The van der Waals surface area contributed by atoms with Crippen molar-refractivity contribution in [2.75, 3.05) is 13.1 Å². The molecule has 1 aliphatic heterocycles. The largest absolute Gasteiger partial charge is 0.372 e. The van der Waals surface area contributed by atoms with Crippen molar-refractivity contribution in [3.8, 4) is 0 Å². The summed E-state index contributed by atoms with van der Waals surface area (Å²) in [6.07, 6.45) is 0.0642. The highest BCUT2D eigenvalue weighted by Gasteiger charge is 2.32. The molecule has 0 amide bonds. The summed E-state index contributed by atoms with van der Waals surface area (Å²) in [5.74, 6) is 0.503. The van der Waals surface area contributed by atoms with Crippen LogP contribution in [0.5, 0.6) is 0 Å². The zero-order chi connectivity index (χ0) is 21.4. The lowest BCUT2D eigenvalue weighted by Crippen LogP contribution is -2.45. The molecule has 1 N–H and O–H groups in total. The second-order valence-corrected chi connectivity index (χ2v) is 9.02. The molecule has 4 rings (SSSR count). The molecule has 3 heteroatoms. The Hall–Kier alpha value is -2.23. The van der Waals surface area contributed by atoms with Crippen molar-refractivity contribution in [3.63, 3.8) is 0 Å². The van der Waals surface area contributed by atoms with Crippen molar-refractivity contribution < 1.29 is 9.13 Å². The number of hydrogen-bond acceptors (Lipinski definition) is 2. The topological polar surface area (TPSA) is 21.3 Å². The zero-order valence-electron chi connectivity index (χ0n) is 18.7. The van der Waals surface area contributed by atoms with Crippen LogP contribution in [-0.2, 0) is 11.3 Å². The third-order valence-corrected chi connectivity index (χ3v) is 6.87. The second kappa shape index (κ2) is 8.49. The van der Waals surface area contributed by atoms with Gasteiger partial charge in [0.1, 0.15) is 5.82 Å². The summed E-state index contributed by atoms with van der Waals surface area (Å²) in [5.41, 5.74) is 7.66. The number of piperidine rings is 1. The highest BCUT2D eigenvalue weighted by atomic mass is 19.1. The van der Waals surface area contributed by atoms with Gasteiger partial charge in [-0.15, -0.1) is 0 Å². The minimum Gasteiger partial charge on any atom is -0.372 e. The van der Waals surface area contributed by atoms with Crippen molar-refractivity contribution >= 4 is 10.8 Å². The summed E-state index contributed by atoms with van der Waals surface area (Å²) in [7, 11) is 0. The van der Waals surface area contributed by atoms with Gasteiger partial charge in [-0.05, 0) is 96.4 Å². The van der Waals surface area contributed by atoms with E-state index in [0.717, 1.165) is 18.7 Å². The summed E-state index contributed by atoms with van der Waals surface area (Å²) < 4.78 is 20.0. The van der Waals surface area contributed by atoms with Crippen molar-refractivity contribution in [2.24, 2.45) is 5.92 Å². The van der Waals surface area contributed by atoms with Crippen LogP contribution in [0.1, 0.15) is 46.2 Å². The fourth-order valence-corrected chi connectivity index (χ4v) is 4.88. The van der Waals surface area contributed by atoms with Gasteiger partial charge in [-0.1, -0.05) is 37.3 Å². The summed E-state index contributed by atoms with van der Waals surface area (Å²) >= 11 is 0. The fourth-order valence-electron chi connectivity index (χ4n) is 4.88. The van der Waals surface area contributed by atoms with Gasteiger partial charge >= 0.3 is 0 Å². The molecule has 1 unspecified atom stereocenters. The average Bonchev–Trinajstić information content (AvgIpc) is 2.72. The Bertz CT molecular complexity index is 1060. The van der Waals surface area contributed by atoms with Crippen molar-refractivity contribution in [1.29, 1.82) is 0 Å². The van der Waals surface area contributed by atoms with Crippen LogP contribution in [0.2, 0.25) is 0 Å². The maximum absolute atomic E-state index is 13.4. The number of aryl methyl sites for hydroxylation is 4. The van der Waals surface area contributed by atoms with E-state index in [0.29, 0.717) is 12.5 Å². The van der Waals surface area contributed by atoms with Gasteiger partial charge in [0.15, 0.2) is 0 Å². The minimum absolute atomic E-state index is 0.0642. The first-order chi connectivity index (χ1) is 14.3. The Morgan fingerprint density at radius 1 is 0.900 bits per heavy atom. The number of hydrogen-bond donors (Lipinski definition) is 1. The Labute approximate surface area is 179 Å². The first kappa shape index (κ1) is 21.0. The first-order valence-corrected chi connectivity index (χ1v) is 10.9. The van der Waals surface area contributed by atoms with E-state index < -0.39 is 0 Å². The second-order valence-electron chi connectivity index (χ2n) is 9.02. The van der Waals surface area contributed by atoms with E-state index in [4.69, 9.17) is 4.74 Å². The van der Waals surface area contributed by atoms with Gasteiger partial charge in [0.25, 0.3) is 0 Å². The molecule has 0 radical (unpaired) electrons. The van der Waals surface area contributed by atoms with Gasteiger partial charge in [0, 0.05) is 12.5 Å². The molecule has 1 aliphatic rings. The van der Waals surface area contributed by atoms with Crippen LogP contribution in [0.4, 0.5) is 4.39 Å². The van der Waals surface area contributed by atoms with E-state index in [2.05, 4.69) is 58.1 Å². The molecule has 0 aromatic heterocycles. The summed E-state index contributed by atoms with van der Waals surface area (Å²) in [6.45, 7) is 13.3. The molecule has 3 aromatic rings. The molecule has 1 saturated heterocycles. The van der Waals surface area contributed by atoms with Crippen LogP contribution >= 0.6 is 0 Å². The van der Waals surface area contributed by atoms with Crippen LogP contribution in [0.25, 0.3) is 10.8 Å². The van der Waals surface area contributed by atoms with Crippen molar-refractivity contribution in [2.45, 2.75) is 53.2 Å². The van der Waals surface area contributed by atoms with E-state index in [1.54, 1.807) is 12.1 Å². The lowest BCUT2D eigenvalue weighted by atomic mass is 9.80. The normalized spacial score (nSPS) is 21.9. The molecule has 1 fully saturated rings. The molecule has 2 nitrogen and oxygen atoms in total. The summed E-state index contributed by atoms with van der Waals surface area (Å²) in [6, 6.07) is 13.8. The molecule has 0 spiro atoms. The molecule has 3 aromatic carbocycles. The Morgan fingerprint density at radius 2 is 1.57 bits per heavy atom. The van der Waals surface area contributed by atoms with E-state index in [1.807, 2.05) is 12.1 Å². The number of benzene rings is 3. The number of fused-ring (bicyclic) bond motifs is 1. The van der Waals surface area contributed by atoms with Crippen LogP contribution in [0.15, 0.2) is 42.5 Å². The van der Waals surface area contributed by atoms with E-state index in [-0.39, 0.29) is 17.8 Å². The number of halogens is 1. The lowest BCUT2D eigenvalue weighted by molar-refractivity contribution is -0.00351. The maximum Gasteiger partial charge on any atom is 0.123 e. The van der Waals surface area contributed by atoms with Gasteiger partial charge in [-0.3, -0.25) is 0 Å². The van der Waals surface area contributed by atoms with Crippen LogP contribution in [0.3, 0.4) is 0 Å². The smallest absolute Gasteiger partial charge is 0.123 e. The van der Waals surface area contributed by atoms with Crippen LogP contribution < -0.4 is 5.32 Å². The van der Waals surface area contributed by atoms with Gasteiger partial charge in [-0.2, -0.15) is 0 Å². The SMILES string of the molecule is Cc1cc2c(C)cc(CO[C@H]3CNCC(C)[C@@H]3c3ccc(F)cc3)c(C)c2cc1C. The van der Waals surface area contributed by atoms with Gasteiger partial charge in [-0.25, -0.2) is 4.39 Å². The third-order valence-electron chi connectivity index (χ3n) is 6.87. The van der Waals surface area contributed by atoms with Crippen LogP contribution in [0, 0.1) is 39.4 Å². The fraction of sp³-hybridized carbons (Fsp3) is 0.407. The van der Waals surface area contributed by atoms with Crippen molar-refractivity contribution in [3.05, 3.63) is 81.7 Å². The summed E-state index contributed by atoms with van der Waals surface area (Å²) in [4.78, 5) is 0. The standard InChI is InChI=1S/C27H32FNO/c1-16-11-24-18(3)10-22(20(5)25(24)12-17(16)2)15-30-26-14-29-13-19(4)27(26)21-6-8-23(28)9-7-21/h6-12,19,26-27,29H,13-15H2,1-5H3/t19?,26-,27+/m0/s1. The Balaban J connectivity index is 1.61. The predicted octanol–water partition coefficient (Wildman–Crippen LogP) is 6.12. The van der Waals surface area contributed by atoms with E-state index >= 15 is 0 Å². The van der Waals surface area contributed by atoms with Gasteiger partial charge in [0.2, 0.25) is 0 Å². The average molecular weight is 406 g/mol. The lowest BCUT2D eigenvalue weighted by Gasteiger charge is -2.37. The first-order valence-electron chi connectivity index (χ1n) is 10.9. The predicted molar refractivity (Wildman–Crippen MR) is 123 cm³/mol. The molecule has 0 aliphatic carbocycles. The molecule has 158 valence electrons. The highest BCUT2D eigenvalue weighted by molar-refractivity contribution is 5.90. The molecule has 1 heterocycles. The molecule has 30 heavy (non-hydrogen) atoms. The van der Waals surface area contributed by atoms with Crippen molar-refractivity contribution in [1.82, 2.24) is 5.32 Å². The molecular weight excluding hydrogens is 373 g/mol. The zero-order valence-corrected chi connectivity index (χ0v) is 18.7. The third kappa shape index (κ3) is 4.01. The molecule has 0 saturated carbocycles. The van der Waals surface area contributed by atoms with E-state index in [9.17, 15) is 4.39 Å². The Morgan fingerprint density at radius 3 is 2.27 bits per heavy atom. The monoisotopic (exact) mass is 405 g/mol. The number of ether oxygens (including phenoxy) is 1.